The third-order valence-electron chi connectivity index (χ3n) is 2.53. The second-order valence-electron chi connectivity index (χ2n) is 3.68. The van der Waals surface area contributed by atoms with Crippen LogP contribution >= 0.6 is 0 Å². The molecular weight excluding hydrogens is 136 g/mol. The standard InChI is InChI=1S/C10H18O/c1-7(2)10-6-5-8(3)11-9(10)4/h8-10H,1,5-6H2,2-4H3/t8-,9+,10+/m1/s1. The van der Waals surface area contributed by atoms with Crippen molar-refractivity contribution >= 4 is 0 Å². The van der Waals surface area contributed by atoms with Gasteiger partial charge in [0.25, 0.3) is 0 Å². The summed E-state index contributed by atoms with van der Waals surface area (Å²) in [6, 6.07) is 0. The first-order valence-electron chi connectivity index (χ1n) is 4.42. The second kappa shape index (κ2) is 3.40. The molecule has 1 heteroatoms. The Morgan fingerprint density at radius 1 is 1.36 bits per heavy atom. The van der Waals surface area contributed by atoms with Gasteiger partial charge in [-0.25, -0.2) is 0 Å². The van der Waals surface area contributed by atoms with E-state index in [1.807, 2.05) is 0 Å². The van der Waals surface area contributed by atoms with E-state index < -0.39 is 0 Å². The third-order valence-corrected chi connectivity index (χ3v) is 2.53. The van der Waals surface area contributed by atoms with Crippen LogP contribution < -0.4 is 0 Å². The minimum atomic E-state index is 0.372. The number of hydrogen-bond acceptors (Lipinski definition) is 1. The van der Waals surface area contributed by atoms with Crippen LogP contribution in [0.3, 0.4) is 0 Å². The van der Waals surface area contributed by atoms with E-state index in [9.17, 15) is 0 Å². The van der Waals surface area contributed by atoms with Crippen LogP contribution in [0, 0.1) is 5.92 Å². The van der Waals surface area contributed by atoms with E-state index in [0.717, 1.165) is 0 Å². The molecule has 0 aromatic carbocycles. The molecule has 0 bridgehead atoms. The van der Waals surface area contributed by atoms with Gasteiger partial charge in [0.15, 0.2) is 0 Å². The van der Waals surface area contributed by atoms with Gasteiger partial charge in [-0.15, -0.1) is 0 Å². The van der Waals surface area contributed by atoms with E-state index in [1.165, 1.54) is 18.4 Å². The van der Waals surface area contributed by atoms with Gasteiger partial charge < -0.3 is 4.74 Å². The Morgan fingerprint density at radius 2 is 2.00 bits per heavy atom. The van der Waals surface area contributed by atoms with Crippen molar-refractivity contribution in [1.29, 1.82) is 0 Å². The predicted octanol–water partition coefficient (Wildman–Crippen LogP) is 2.77. The van der Waals surface area contributed by atoms with Gasteiger partial charge in [-0.1, -0.05) is 12.2 Å². The fourth-order valence-corrected chi connectivity index (χ4v) is 1.83. The van der Waals surface area contributed by atoms with Crippen LogP contribution in [0.1, 0.15) is 33.6 Å². The zero-order chi connectivity index (χ0) is 8.43. The summed E-state index contributed by atoms with van der Waals surface area (Å²) >= 11 is 0. The second-order valence-corrected chi connectivity index (χ2v) is 3.68. The first kappa shape index (κ1) is 8.79. The third kappa shape index (κ3) is 2.06. The Morgan fingerprint density at radius 3 is 2.45 bits per heavy atom. The average Bonchev–Trinajstić information content (AvgIpc) is 1.85. The van der Waals surface area contributed by atoms with Crippen molar-refractivity contribution in [1.82, 2.24) is 0 Å². The van der Waals surface area contributed by atoms with E-state index in [-0.39, 0.29) is 0 Å². The molecule has 0 amide bonds. The largest absolute Gasteiger partial charge is 0.375 e. The maximum atomic E-state index is 5.70. The SMILES string of the molecule is C=C(C)[C@@H]1CC[C@@H](C)O[C@H]1C. The van der Waals surface area contributed by atoms with Crippen molar-refractivity contribution in [3.8, 4) is 0 Å². The fraction of sp³-hybridized carbons (Fsp3) is 0.800. The van der Waals surface area contributed by atoms with Crippen LogP contribution in [0.15, 0.2) is 12.2 Å². The van der Waals surface area contributed by atoms with Crippen molar-refractivity contribution in [3.05, 3.63) is 12.2 Å². The molecule has 0 spiro atoms. The fourth-order valence-electron chi connectivity index (χ4n) is 1.83. The molecule has 1 heterocycles. The summed E-state index contributed by atoms with van der Waals surface area (Å²) in [5, 5.41) is 0. The highest BCUT2D eigenvalue weighted by atomic mass is 16.5. The van der Waals surface area contributed by atoms with Crippen LogP contribution in [0.4, 0.5) is 0 Å². The summed E-state index contributed by atoms with van der Waals surface area (Å²) in [7, 11) is 0. The molecule has 1 nitrogen and oxygen atoms in total. The van der Waals surface area contributed by atoms with Crippen molar-refractivity contribution in [2.45, 2.75) is 45.8 Å². The van der Waals surface area contributed by atoms with Gasteiger partial charge >= 0.3 is 0 Å². The highest BCUT2D eigenvalue weighted by Gasteiger charge is 2.25. The van der Waals surface area contributed by atoms with Gasteiger partial charge in [0, 0.05) is 5.92 Å². The van der Waals surface area contributed by atoms with Crippen LogP contribution in [0.2, 0.25) is 0 Å². The molecular formula is C10H18O. The van der Waals surface area contributed by atoms with Crippen molar-refractivity contribution in [2.24, 2.45) is 5.92 Å². The van der Waals surface area contributed by atoms with E-state index in [4.69, 9.17) is 4.74 Å². The molecule has 1 rings (SSSR count). The molecule has 1 fully saturated rings. The predicted molar refractivity (Wildman–Crippen MR) is 47.5 cm³/mol. The molecule has 3 atom stereocenters. The van der Waals surface area contributed by atoms with Gasteiger partial charge in [0.2, 0.25) is 0 Å². The Kier molecular flexibility index (Phi) is 2.72. The molecule has 1 saturated heterocycles. The Labute approximate surface area is 69.4 Å². The monoisotopic (exact) mass is 154 g/mol. The van der Waals surface area contributed by atoms with E-state index in [0.29, 0.717) is 18.1 Å². The number of ether oxygens (including phenoxy) is 1. The van der Waals surface area contributed by atoms with Crippen molar-refractivity contribution in [3.63, 3.8) is 0 Å². The minimum absolute atomic E-state index is 0.372. The van der Waals surface area contributed by atoms with Gasteiger partial charge in [-0.3, -0.25) is 0 Å². The number of rotatable bonds is 1. The van der Waals surface area contributed by atoms with Crippen molar-refractivity contribution in [2.75, 3.05) is 0 Å². The smallest absolute Gasteiger partial charge is 0.0615 e. The summed E-state index contributed by atoms with van der Waals surface area (Å²) in [6.45, 7) is 10.4. The summed E-state index contributed by atoms with van der Waals surface area (Å²) in [5.41, 5.74) is 1.27. The quantitative estimate of drug-likeness (QED) is 0.528. The van der Waals surface area contributed by atoms with Gasteiger partial charge in [-0.05, 0) is 33.6 Å². The maximum Gasteiger partial charge on any atom is 0.0615 e. The summed E-state index contributed by atoms with van der Waals surface area (Å²) in [6.07, 6.45) is 3.25. The Balaban J connectivity index is 2.50. The van der Waals surface area contributed by atoms with E-state index in [1.54, 1.807) is 0 Å². The lowest BCUT2D eigenvalue weighted by Gasteiger charge is -2.33. The highest BCUT2D eigenvalue weighted by molar-refractivity contribution is 5.00. The van der Waals surface area contributed by atoms with Crippen LogP contribution in [0.5, 0.6) is 0 Å². The first-order valence-corrected chi connectivity index (χ1v) is 4.42. The lowest BCUT2D eigenvalue weighted by molar-refractivity contribution is -0.0544. The lowest BCUT2D eigenvalue weighted by Crippen LogP contribution is -2.31. The summed E-state index contributed by atoms with van der Waals surface area (Å²) < 4.78 is 5.70. The molecule has 1 aliphatic rings. The molecule has 0 aliphatic carbocycles. The molecule has 64 valence electrons. The zero-order valence-electron chi connectivity index (χ0n) is 7.76. The average molecular weight is 154 g/mol. The zero-order valence-corrected chi connectivity index (χ0v) is 7.76. The normalized spacial score (nSPS) is 38.6. The molecule has 0 aromatic rings. The van der Waals surface area contributed by atoms with Gasteiger partial charge in [0.05, 0.1) is 12.2 Å². The molecule has 0 unspecified atom stereocenters. The van der Waals surface area contributed by atoms with E-state index in [2.05, 4.69) is 27.4 Å². The topological polar surface area (TPSA) is 9.23 Å². The molecule has 0 aromatic heterocycles. The van der Waals surface area contributed by atoms with Crippen molar-refractivity contribution < 1.29 is 4.74 Å². The minimum Gasteiger partial charge on any atom is -0.375 e. The molecule has 0 radical (unpaired) electrons. The molecule has 0 N–H and O–H groups in total. The van der Waals surface area contributed by atoms with Crippen LogP contribution in [0.25, 0.3) is 0 Å². The first-order chi connectivity index (χ1) is 5.11. The maximum absolute atomic E-state index is 5.70. The van der Waals surface area contributed by atoms with Crippen LogP contribution in [-0.4, -0.2) is 12.2 Å². The highest BCUT2D eigenvalue weighted by Crippen LogP contribution is 2.28. The van der Waals surface area contributed by atoms with Crippen LogP contribution in [-0.2, 0) is 4.74 Å². The molecule has 0 saturated carbocycles. The van der Waals surface area contributed by atoms with Gasteiger partial charge in [-0.2, -0.15) is 0 Å². The molecule has 11 heavy (non-hydrogen) atoms. The Hall–Kier alpha value is -0.300. The van der Waals surface area contributed by atoms with Gasteiger partial charge in [0.1, 0.15) is 0 Å². The number of hydrogen-bond donors (Lipinski definition) is 0. The molecule has 1 aliphatic heterocycles. The summed E-state index contributed by atoms with van der Waals surface area (Å²) in [5.74, 6) is 0.589. The Bertz CT molecular complexity index is 151. The summed E-state index contributed by atoms with van der Waals surface area (Å²) in [4.78, 5) is 0. The van der Waals surface area contributed by atoms with E-state index >= 15 is 0 Å². The lowest BCUT2D eigenvalue weighted by atomic mass is 9.88.